The Balaban J connectivity index is 1.49. The molecule has 0 spiro atoms. The van der Waals surface area contributed by atoms with Gasteiger partial charge in [0, 0.05) is 21.7 Å². The Labute approximate surface area is 244 Å². The SMILES string of the molecule is O=C(CSc1cccc(NC(=O)/C(=C\c2c(F)cccc2Cl)NC(=O)c2ccccc2)c1)Nc1ccccc1Cl. The molecule has 202 valence electrons. The Morgan fingerprint density at radius 2 is 1.50 bits per heavy atom. The van der Waals surface area contributed by atoms with Crippen LogP contribution in [0.1, 0.15) is 15.9 Å². The number of halogens is 3. The van der Waals surface area contributed by atoms with E-state index in [0.717, 1.165) is 0 Å². The maximum Gasteiger partial charge on any atom is 0.272 e. The highest BCUT2D eigenvalue weighted by atomic mass is 35.5. The molecule has 40 heavy (non-hydrogen) atoms. The van der Waals surface area contributed by atoms with Gasteiger partial charge in [-0.25, -0.2) is 4.39 Å². The maximum atomic E-state index is 14.5. The van der Waals surface area contributed by atoms with Crippen LogP contribution in [0.15, 0.2) is 108 Å². The molecule has 0 aliphatic rings. The number of hydrogen-bond acceptors (Lipinski definition) is 4. The third kappa shape index (κ3) is 7.95. The van der Waals surface area contributed by atoms with E-state index in [2.05, 4.69) is 16.0 Å². The summed E-state index contributed by atoms with van der Waals surface area (Å²) in [5.74, 6) is -2.04. The minimum absolute atomic E-state index is 0.0449. The van der Waals surface area contributed by atoms with Crippen molar-refractivity contribution in [1.82, 2.24) is 5.32 Å². The molecule has 4 aromatic rings. The number of nitrogens with one attached hydrogen (secondary N) is 3. The highest BCUT2D eigenvalue weighted by Gasteiger charge is 2.17. The summed E-state index contributed by atoms with van der Waals surface area (Å²) in [6, 6.07) is 26.2. The summed E-state index contributed by atoms with van der Waals surface area (Å²) >= 11 is 13.5. The van der Waals surface area contributed by atoms with Gasteiger partial charge >= 0.3 is 0 Å². The molecule has 0 radical (unpaired) electrons. The summed E-state index contributed by atoms with van der Waals surface area (Å²) in [6.45, 7) is 0. The van der Waals surface area contributed by atoms with Gasteiger partial charge in [0.05, 0.1) is 21.5 Å². The zero-order chi connectivity index (χ0) is 28.5. The van der Waals surface area contributed by atoms with Crippen LogP contribution in [0.2, 0.25) is 10.0 Å². The molecule has 0 aliphatic heterocycles. The van der Waals surface area contributed by atoms with Crippen molar-refractivity contribution in [2.24, 2.45) is 0 Å². The van der Waals surface area contributed by atoms with Crippen LogP contribution >= 0.6 is 35.0 Å². The summed E-state index contributed by atoms with van der Waals surface area (Å²) < 4.78 is 14.5. The second-order valence-corrected chi connectivity index (χ2v) is 10.2. The summed E-state index contributed by atoms with van der Waals surface area (Å²) in [5.41, 5.74) is 0.979. The average molecular weight is 594 g/mol. The minimum atomic E-state index is -0.692. The minimum Gasteiger partial charge on any atom is -0.324 e. The topological polar surface area (TPSA) is 87.3 Å². The monoisotopic (exact) mass is 593 g/mol. The zero-order valence-electron chi connectivity index (χ0n) is 20.8. The van der Waals surface area contributed by atoms with Crippen molar-refractivity contribution in [3.05, 3.63) is 130 Å². The number of rotatable bonds is 9. The third-order valence-corrected chi connectivity index (χ3v) is 7.08. The number of amides is 3. The summed E-state index contributed by atoms with van der Waals surface area (Å²) in [7, 11) is 0. The van der Waals surface area contributed by atoms with E-state index in [1.54, 1.807) is 78.9 Å². The molecule has 10 heteroatoms. The number of anilines is 2. The van der Waals surface area contributed by atoms with Crippen molar-refractivity contribution in [3.8, 4) is 0 Å². The van der Waals surface area contributed by atoms with Crippen LogP contribution in [0.25, 0.3) is 6.08 Å². The lowest BCUT2D eigenvalue weighted by atomic mass is 10.1. The summed E-state index contributed by atoms with van der Waals surface area (Å²) in [6.07, 6.45) is 1.19. The molecule has 0 unspecified atom stereocenters. The molecule has 3 amide bonds. The number of thioether (sulfide) groups is 1. The average Bonchev–Trinajstić information content (AvgIpc) is 2.95. The van der Waals surface area contributed by atoms with Gasteiger partial charge in [0.1, 0.15) is 11.5 Å². The molecule has 6 nitrogen and oxygen atoms in total. The molecule has 0 bridgehead atoms. The van der Waals surface area contributed by atoms with Gasteiger partial charge in [0.2, 0.25) is 5.91 Å². The number of carbonyl (C=O) groups excluding carboxylic acids is 3. The van der Waals surface area contributed by atoms with Gasteiger partial charge in [-0.05, 0) is 60.7 Å². The molecule has 0 atom stereocenters. The van der Waals surface area contributed by atoms with Crippen LogP contribution in [0.5, 0.6) is 0 Å². The normalized spacial score (nSPS) is 11.0. The number of carbonyl (C=O) groups is 3. The predicted molar refractivity (Wildman–Crippen MR) is 159 cm³/mol. The van der Waals surface area contributed by atoms with E-state index in [9.17, 15) is 18.8 Å². The van der Waals surface area contributed by atoms with Gasteiger partial charge in [-0.15, -0.1) is 11.8 Å². The molecule has 0 fully saturated rings. The first kappa shape index (κ1) is 28.9. The van der Waals surface area contributed by atoms with Crippen molar-refractivity contribution >= 4 is 70.1 Å². The lowest BCUT2D eigenvalue weighted by Gasteiger charge is -2.13. The zero-order valence-corrected chi connectivity index (χ0v) is 23.1. The van der Waals surface area contributed by atoms with Gasteiger partial charge in [0.15, 0.2) is 0 Å². The molecular formula is C30H22Cl2FN3O3S. The van der Waals surface area contributed by atoms with E-state index in [1.807, 2.05) is 0 Å². The number of para-hydroxylation sites is 1. The van der Waals surface area contributed by atoms with E-state index in [-0.39, 0.29) is 27.9 Å². The van der Waals surface area contributed by atoms with Crippen molar-refractivity contribution in [2.75, 3.05) is 16.4 Å². The highest BCUT2D eigenvalue weighted by molar-refractivity contribution is 8.00. The molecule has 3 N–H and O–H groups in total. The number of benzene rings is 4. The first-order chi connectivity index (χ1) is 19.3. The maximum absolute atomic E-state index is 14.5. The van der Waals surface area contributed by atoms with E-state index in [0.29, 0.717) is 26.9 Å². The lowest BCUT2D eigenvalue weighted by Crippen LogP contribution is -2.30. The van der Waals surface area contributed by atoms with Gasteiger partial charge in [-0.3, -0.25) is 14.4 Å². The fourth-order valence-corrected chi connectivity index (χ4v) is 4.65. The van der Waals surface area contributed by atoms with E-state index < -0.39 is 17.6 Å². The quantitative estimate of drug-likeness (QED) is 0.141. The molecule has 0 heterocycles. The first-order valence-electron chi connectivity index (χ1n) is 11.9. The Morgan fingerprint density at radius 3 is 2.25 bits per heavy atom. The van der Waals surface area contributed by atoms with Crippen LogP contribution < -0.4 is 16.0 Å². The fraction of sp³-hybridized carbons (Fsp3) is 0.0333. The van der Waals surface area contributed by atoms with Crippen LogP contribution in [-0.2, 0) is 9.59 Å². The second kappa shape index (κ2) is 13.8. The fourth-order valence-electron chi connectivity index (χ4n) is 3.50. The molecule has 0 saturated carbocycles. The van der Waals surface area contributed by atoms with Crippen LogP contribution in [-0.4, -0.2) is 23.5 Å². The smallest absolute Gasteiger partial charge is 0.272 e. The molecule has 0 aromatic heterocycles. The van der Waals surface area contributed by atoms with E-state index in [1.165, 1.54) is 36.0 Å². The van der Waals surface area contributed by atoms with Crippen LogP contribution in [0.4, 0.5) is 15.8 Å². The Bertz CT molecular complexity index is 1560. The molecule has 4 aromatic carbocycles. The summed E-state index contributed by atoms with van der Waals surface area (Å²) in [4.78, 5) is 39.2. The molecular weight excluding hydrogens is 572 g/mol. The predicted octanol–water partition coefficient (Wildman–Crippen LogP) is 7.27. The van der Waals surface area contributed by atoms with Crippen molar-refractivity contribution in [1.29, 1.82) is 0 Å². The Morgan fingerprint density at radius 1 is 0.800 bits per heavy atom. The second-order valence-electron chi connectivity index (χ2n) is 8.31. The molecule has 0 saturated heterocycles. The van der Waals surface area contributed by atoms with Crippen LogP contribution in [0, 0.1) is 5.82 Å². The van der Waals surface area contributed by atoms with Gasteiger partial charge in [0.25, 0.3) is 11.8 Å². The van der Waals surface area contributed by atoms with Crippen molar-refractivity contribution in [2.45, 2.75) is 4.90 Å². The lowest BCUT2D eigenvalue weighted by molar-refractivity contribution is -0.114. The van der Waals surface area contributed by atoms with Crippen LogP contribution in [0.3, 0.4) is 0 Å². The van der Waals surface area contributed by atoms with Crippen molar-refractivity contribution < 1.29 is 18.8 Å². The first-order valence-corrected chi connectivity index (χ1v) is 13.6. The molecule has 0 aliphatic carbocycles. The Kier molecular flexibility index (Phi) is 9.96. The summed E-state index contributed by atoms with van der Waals surface area (Å²) in [5, 5.41) is 8.54. The number of hydrogen-bond donors (Lipinski definition) is 3. The highest BCUT2D eigenvalue weighted by Crippen LogP contribution is 2.25. The van der Waals surface area contributed by atoms with Crippen molar-refractivity contribution in [3.63, 3.8) is 0 Å². The van der Waals surface area contributed by atoms with Gasteiger partial charge in [-0.1, -0.05) is 65.7 Å². The van der Waals surface area contributed by atoms with Gasteiger partial charge in [-0.2, -0.15) is 0 Å². The Hall–Kier alpha value is -4.11. The molecule has 4 rings (SSSR count). The van der Waals surface area contributed by atoms with E-state index >= 15 is 0 Å². The standard InChI is InChI=1S/C30H22Cl2FN3O3S/c31-23-13-7-14-25(33)22(23)17-27(36-29(38)19-8-2-1-3-9-19)30(39)34-20-10-6-11-21(16-20)40-18-28(37)35-26-15-5-4-12-24(26)32/h1-17H,18H2,(H,34,39)(H,35,37)(H,36,38)/b27-17+. The van der Waals surface area contributed by atoms with E-state index in [4.69, 9.17) is 23.2 Å². The van der Waals surface area contributed by atoms with Gasteiger partial charge < -0.3 is 16.0 Å². The largest absolute Gasteiger partial charge is 0.324 e. The third-order valence-electron chi connectivity index (χ3n) is 5.43.